The van der Waals surface area contributed by atoms with Crippen molar-refractivity contribution < 1.29 is 19.1 Å². The molecule has 0 aliphatic carbocycles. The van der Waals surface area contributed by atoms with Gasteiger partial charge >= 0.3 is 5.97 Å². The summed E-state index contributed by atoms with van der Waals surface area (Å²) in [5, 5.41) is 12.5. The quantitative estimate of drug-likeness (QED) is 0.881. The predicted octanol–water partition coefficient (Wildman–Crippen LogP) is 3.72. The number of carboxylic acid groups (broad SMARTS) is 1. The highest BCUT2D eigenvalue weighted by atomic mass is 32.1. The highest BCUT2D eigenvalue weighted by Gasteiger charge is 2.24. The summed E-state index contributed by atoms with van der Waals surface area (Å²) in [6.45, 7) is 5.40. The van der Waals surface area contributed by atoms with Crippen LogP contribution in [0.5, 0.6) is 0 Å². The first kappa shape index (κ1) is 16.4. The van der Waals surface area contributed by atoms with Gasteiger partial charge in [-0.05, 0) is 50.3 Å². The lowest BCUT2D eigenvalue weighted by Gasteiger charge is -2.25. The minimum Gasteiger partial charge on any atom is -0.481 e. The normalized spacial score (nSPS) is 11.6. The summed E-state index contributed by atoms with van der Waals surface area (Å²) in [5.41, 5.74) is 0.190. The molecule has 2 N–H and O–H groups in total. The van der Waals surface area contributed by atoms with Gasteiger partial charge < -0.3 is 10.4 Å². The average Bonchev–Trinajstić information content (AvgIpc) is 2.73. The van der Waals surface area contributed by atoms with Crippen LogP contribution in [0.15, 0.2) is 18.2 Å². The highest BCUT2D eigenvalue weighted by Crippen LogP contribution is 2.31. The van der Waals surface area contributed by atoms with Gasteiger partial charge in [-0.15, -0.1) is 11.3 Å². The molecule has 0 saturated heterocycles. The van der Waals surface area contributed by atoms with E-state index in [0.717, 1.165) is 15.6 Å². The fraction of sp³-hybridized carbons (Fsp3) is 0.375. The molecule has 0 aliphatic heterocycles. The molecule has 1 heterocycles. The third-order valence-electron chi connectivity index (χ3n) is 3.52. The summed E-state index contributed by atoms with van der Waals surface area (Å²) >= 11 is 1.24. The van der Waals surface area contributed by atoms with Crippen LogP contribution in [0, 0.1) is 12.7 Å². The molecule has 0 atom stereocenters. The van der Waals surface area contributed by atoms with Crippen molar-refractivity contribution in [1.82, 2.24) is 5.32 Å². The van der Waals surface area contributed by atoms with Gasteiger partial charge in [-0.25, -0.2) is 4.39 Å². The van der Waals surface area contributed by atoms with E-state index >= 15 is 0 Å². The molecule has 0 saturated carbocycles. The van der Waals surface area contributed by atoms with Crippen molar-refractivity contribution >= 4 is 33.3 Å². The predicted molar refractivity (Wildman–Crippen MR) is 84.9 cm³/mol. The Bertz CT molecular complexity index is 736. The number of nitrogens with one attached hydrogen (secondary N) is 1. The number of hydrogen-bond acceptors (Lipinski definition) is 3. The second-order valence-electron chi connectivity index (χ2n) is 5.93. The molecular weight excluding hydrogens is 305 g/mol. The number of aliphatic carboxylic acids is 1. The summed E-state index contributed by atoms with van der Waals surface area (Å²) in [4.78, 5) is 23.6. The van der Waals surface area contributed by atoms with E-state index in [9.17, 15) is 14.0 Å². The number of rotatable bonds is 5. The molecule has 0 bridgehead atoms. The van der Waals surface area contributed by atoms with Crippen LogP contribution in [0.4, 0.5) is 4.39 Å². The number of carbonyl (C=O) groups excluding carboxylic acids is 1. The highest BCUT2D eigenvalue weighted by molar-refractivity contribution is 7.21. The van der Waals surface area contributed by atoms with Crippen LogP contribution in [-0.4, -0.2) is 22.5 Å². The number of hydrogen-bond donors (Lipinski definition) is 2. The molecule has 2 aromatic rings. The Morgan fingerprint density at radius 3 is 2.68 bits per heavy atom. The SMILES string of the molecule is Cc1c(C(=O)NC(C)(C)CCC(=O)O)sc2cc(F)ccc12. The first-order valence-electron chi connectivity index (χ1n) is 6.92. The van der Waals surface area contributed by atoms with Gasteiger partial charge in [0.05, 0.1) is 4.88 Å². The second kappa shape index (κ2) is 6.04. The van der Waals surface area contributed by atoms with Crippen molar-refractivity contribution in [2.45, 2.75) is 39.2 Å². The second-order valence-corrected chi connectivity index (χ2v) is 6.98. The standard InChI is InChI=1S/C16H18FNO3S/c1-9-11-5-4-10(17)8-12(11)22-14(9)15(21)18-16(2,3)7-6-13(19)20/h4-5,8H,6-7H2,1-3H3,(H,18,21)(H,19,20). The van der Waals surface area contributed by atoms with Crippen molar-refractivity contribution in [3.05, 3.63) is 34.5 Å². The Labute approximate surface area is 132 Å². The fourth-order valence-corrected chi connectivity index (χ4v) is 3.39. The van der Waals surface area contributed by atoms with Crippen LogP contribution < -0.4 is 5.32 Å². The van der Waals surface area contributed by atoms with E-state index in [0.29, 0.717) is 11.3 Å². The number of amides is 1. The first-order valence-corrected chi connectivity index (χ1v) is 7.74. The van der Waals surface area contributed by atoms with E-state index in [1.807, 2.05) is 6.92 Å². The number of aryl methyl sites for hydroxylation is 1. The fourth-order valence-electron chi connectivity index (χ4n) is 2.26. The Hall–Kier alpha value is -1.95. The molecule has 1 amide bonds. The van der Waals surface area contributed by atoms with Crippen molar-refractivity contribution in [3.63, 3.8) is 0 Å². The third-order valence-corrected chi connectivity index (χ3v) is 4.78. The molecule has 22 heavy (non-hydrogen) atoms. The maximum Gasteiger partial charge on any atom is 0.303 e. The number of carboxylic acids is 1. The minimum atomic E-state index is -0.893. The first-order chi connectivity index (χ1) is 10.2. The maximum absolute atomic E-state index is 13.3. The molecular formula is C16H18FNO3S. The molecule has 1 aromatic heterocycles. The van der Waals surface area contributed by atoms with E-state index < -0.39 is 11.5 Å². The molecule has 0 aliphatic rings. The Balaban J connectivity index is 2.22. The van der Waals surface area contributed by atoms with Gasteiger partial charge in [0.15, 0.2) is 0 Å². The van der Waals surface area contributed by atoms with Gasteiger partial charge in [0.25, 0.3) is 5.91 Å². The molecule has 2 rings (SSSR count). The van der Waals surface area contributed by atoms with E-state index in [2.05, 4.69) is 5.32 Å². The van der Waals surface area contributed by atoms with Crippen molar-refractivity contribution in [2.75, 3.05) is 0 Å². The maximum atomic E-state index is 13.3. The molecule has 0 unspecified atom stereocenters. The summed E-state index contributed by atoms with van der Waals surface area (Å²) in [6, 6.07) is 4.46. The van der Waals surface area contributed by atoms with Crippen LogP contribution in [0.1, 0.15) is 41.9 Å². The zero-order valence-corrected chi connectivity index (χ0v) is 13.5. The van der Waals surface area contributed by atoms with Gasteiger partial charge in [-0.3, -0.25) is 9.59 Å². The topological polar surface area (TPSA) is 66.4 Å². The summed E-state index contributed by atoms with van der Waals surface area (Å²) in [6.07, 6.45) is 0.330. The van der Waals surface area contributed by atoms with Gasteiger partial charge in [-0.2, -0.15) is 0 Å². The van der Waals surface area contributed by atoms with E-state index in [1.54, 1.807) is 19.9 Å². The molecule has 6 heteroatoms. The van der Waals surface area contributed by atoms with Gasteiger partial charge in [0, 0.05) is 16.7 Å². The molecule has 118 valence electrons. The van der Waals surface area contributed by atoms with Gasteiger partial charge in [-0.1, -0.05) is 6.07 Å². The Morgan fingerprint density at radius 2 is 2.05 bits per heavy atom. The lowest BCUT2D eigenvalue weighted by molar-refractivity contribution is -0.137. The Morgan fingerprint density at radius 1 is 1.36 bits per heavy atom. The largest absolute Gasteiger partial charge is 0.481 e. The van der Waals surface area contributed by atoms with Crippen LogP contribution in [-0.2, 0) is 4.79 Å². The molecule has 1 aromatic carbocycles. The van der Waals surface area contributed by atoms with Gasteiger partial charge in [0.1, 0.15) is 5.82 Å². The van der Waals surface area contributed by atoms with Crippen LogP contribution in [0.3, 0.4) is 0 Å². The van der Waals surface area contributed by atoms with Crippen molar-refractivity contribution in [3.8, 4) is 0 Å². The van der Waals surface area contributed by atoms with Crippen molar-refractivity contribution in [2.24, 2.45) is 0 Å². The van der Waals surface area contributed by atoms with Crippen LogP contribution in [0.25, 0.3) is 10.1 Å². The van der Waals surface area contributed by atoms with E-state index in [1.165, 1.54) is 23.5 Å². The monoisotopic (exact) mass is 323 g/mol. The smallest absolute Gasteiger partial charge is 0.303 e. The number of halogens is 1. The molecule has 0 spiro atoms. The molecule has 0 radical (unpaired) electrons. The van der Waals surface area contributed by atoms with E-state index in [-0.39, 0.29) is 18.1 Å². The van der Waals surface area contributed by atoms with Crippen LogP contribution in [0.2, 0.25) is 0 Å². The summed E-state index contributed by atoms with van der Waals surface area (Å²) < 4.78 is 14.0. The van der Waals surface area contributed by atoms with Crippen molar-refractivity contribution in [1.29, 1.82) is 0 Å². The molecule has 4 nitrogen and oxygen atoms in total. The number of thiophene rings is 1. The zero-order chi connectivity index (χ0) is 16.5. The van der Waals surface area contributed by atoms with E-state index in [4.69, 9.17) is 5.11 Å². The summed E-state index contributed by atoms with van der Waals surface area (Å²) in [7, 11) is 0. The lowest BCUT2D eigenvalue weighted by atomic mass is 9.98. The number of carbonyl (C=O) groups is 2. The summed E-state index contributed by atoms with van der Waals surface area (Å²) in [5.74, 6) is -1.48. The minimum absolute atomic E-state index is 0.0100. The zero-order valence-electron chi connectivity index (χ0n) is 12.7. The Kier molecular flexibility index (Phi) is 4.51. The van der Waals surface area contributed by atoms with Crippen LogP contribution >= 0.6 is 11.3 Å². The lowest BCUT2D eigenvalue weighted by Crippen LogP contribution is -2.43. The molecule has 0 fully saturated rings. The number of benzene rings is 1. The van der Waals surface area contributed by atoms with Gasteiger partial charge in [0.2, 0.25) is 0 Å². The number of fused-ring (bicyclic) bond motifs is 1. The average molecular weight is 323 g/mol. The third kappa shape index (κ3) is 3.62.